The summed E-state index contributed by atoms with van der Waals surface area (Å²) in [5.74, 6) is 0.148. The normalized spacial score (nSPS) is 13.1. The minimum absolute atomic E-state index is 0.0217. The molecular weight excluding hydrogens is 442 g/mol. The molecule has 0 aliphatic heterocycles. The number of hydrogen-bond donors (Lipinski definition) is 3. The van der Waals surface area contributed by atoms with E-state index in [1.165, 1.54) is 9.69 Å². The van der Waals surface area contributed by atoms with Crippen molar-refractivity contribution < 1.29 is 17.9 Å². The molecule has 0 saturated carbocycles. The van der Waals surface area contributed by atoms with Crippen LogP contribution in [0.2, 0.25) is 0 Å². The molecule has 0 aliphatic rings. The third-order valence-corrected chi connectivity index (χ3v) is 8.54. The van der Waals surface area contributed by atoms with Crippen LogP contribution in [-0.2, 0) is 10.0 Å². The van der Waals surface area contributed by atoms with Gasteiger partial charge in [-0.25, -0.2) is 8.42 Å². The van der Waals surface area contributed by atoms with Crippen LogP contribution in [0.4, 0.5) is 17.1 Å². The van der Waals surface area contributed by atoms with Gasteiger partial charge in [0.1, 0.15) is 17.1 Å². The quantitative estimate of drug-likeness (QED) is 0.388. The molecule has 0 unspecified atom stereocenters. The van der Waals surface area contributed by atoms with Crippen molar-refractivity contribution in [3.05, 3.63) is 49.5 Å². The summed E-state index contributed by atoms with van der Waals surface area (Å²) in [6.07, 6.45) is 2.20. The van der Waals surface area contributed by atoms with Crippen molar-refractivity contribution in [2.75, 3.05) is 23.7 Å². The van der Waals surface area contributed by atoms with E-state index in [9.17, 15) is 23.1 Å². The predicted octanol–water partition coefficient (Wildman–Crippen LogP) is 3.29. The second kappa shape index (κ2) is 8.85. The second-order valence-corrected chi connectivity index (χ2v) is 10.1. The molecule has 0 spiro atoms. The molecule has 2 heterocycles. The van der Waals surface area contributed by atoms with Crippen LogP contribution < -0.4 is 21.5 Å². The van der Waals surface area contributed by atoms with Gasteiger partial charge in [-0.15, -0.1) is 11.3 Å². The Morgan fingerprint density at radius 3 is 2.35 bits per heavy atom. The second-order valence-electron chi connectivity index (χ2n) is 7.04. The monoisotopic (exact) mass is 467 g/mol. The summed E-state index contributed by atoms with van der Waals surface area (Å²) in [7, 11) is -3.86. The lowest BCUT2D eigenvalue weighted by Gasteiger charge is -2.20. The van der Waals surface area contributed by atoms with Crippen LogP contribution in [0, 0.1) is 6.92 Å². The maximum atomic E-state index is 12.7. The first kappa shape index (κ1) is 23.0. The molecule has 0 aliphatic carbocycles. The molecule has 168 valence electrons. The van der Waals surface area contributed by atoms with Gasteiger partial charge >= 0.3 is 0 Å². The summed E-state index contributed by atoms with van der Waals surface area (Å²) < 4.78 is 31.9. The number of nitrogens with zero attached hydrogens (tertiary/aromatic N) is 1. The van der Waals surface area contributed by atoms with Crippen LogP contribution in [0.1, 0.15) is 44.6 Å². The number of nitrogens with one attached hydrogen (secondary N) is 2. The highest BCUT2D eigenvalue weighted by Gasteiger charge is 2.30. The van der Waals surface area contributed by atoms with Gasteiger partial charge in [-0.1, -0.05) is 20.8 Å². The Labute approximate surface area is 184 Å². The Morgan fingerprint density at radius 2 is 1.81 bits per heavy atom. The average molecular weight is 468 g/mol. The zero-order chi connectivity index (χ0) is 22.9. The first-order valence-electron chi connectivity index (χ1n) is 9.88. The molecule has 3 N–H and O–H groups in total. The fourth-order valence-corrected chi connectivity index (χ4v) is 6.09. The molecule has 0 radical (unpaired) electrons. The van der Waals surface area contributed by atoms with Crippen molar-refractivity contribution in [3.63, 3.8) is 0 Å². The van der Waals surface area contributed by atoms with Crippen LogP contribution >= 0.6 is 11.3 Å². The van der Waals surface area contributed by atoms with Crippen molar-refractivity contribution in [2.45, 2.75) is 44.4 Å². The molecule has 2 aromatic heterocycles. The van der Waals surface area contributed by atoms with Gasteiger partial charge in [0, 0.05) is 18.5 Å². The van der Waals surface area contributed by atoms with Crippen molar-refractivity contribution in [3.8, 4) is 5.75 Å². The fourth-order valence-electron chi connectivity index (χ4n) is 3.25. The molecule has 11 heteroatoms. The van der Waals surface area contributed by atoms with E-state index >= 15 is 0 Å². The number of aryl methyl sites for hydroxylation is 1. The van der Waals surface area contributed by atoms with Crippen molar-refractivity contribution in [2.24, 2.45) is 0 Å². The molecule has 0 fully saturated rings. The topological polar surface area (TPSA) is 129 Å². The smallest absolute Gasteiger partial charge is 0.256 e. The number of hydrogen-bond acceptors (Lipinski definition) is 9. The van der Waals surface area contributed by atoms with Gasteiger partial charge in [0.05, 0.1) is 18.0 Å². The van der Waals surface area contributed by atoms with Gasteiger partial charge in [-0.05, 0) is 25.0 Å². The maximum Gasteiger partial charge on any atom is 0.256 e. The highest BCUT2D eigenvalue weighted by Crippen LogP contribution is 2.41. The summed E-state index contributed by atoms with van der Waals surface area (Å²) in [4.78, 5) is 24.3. The highest BCUT2D eigenvalue weighted by molar-refractivity contribution is 7.91. The summed E-state index contributed by atoms with van der Waals surface area (Å²) >= 11 is 0.844. The van der Waals surface area contributed by atoms with Gasteiger partial charge < -0.3 is 20.2 Å². The standard InChI is InChI=1S/C20H25N3O6S2/c1-5-12(14-8-11(4)9-29-14)21-15-16(19(26)18(15)25)22-13-10-30-20(17(13)24)31(27,28)23(6-2)7-3/h8-10,12,21-22,24H,5-7H2,1-4H3/t12-/m1/s1. The van der Waals surface area contributed by atoms with Gasteiger partial charge in [-0.2, -0.15) is 4.31 Å². The predicted molar refractivity (Wildman–Crippen MR) is 121 cm³/mol. The molecule has 31 heavy (non-hydrogen) atoms. The summed E-state index contributed by atoms with van der Waals surface area (Å²) in [5, 5.41) is 17.7. The summed E-state index contributed by atoms with van der Waals surface area (Å²) in [6, 6.07) is 1.52. The number of thiophene rings is 1. The Hall–Kier alpha value is -2.63. The highest BCUT2D eigenvalue weighted by atomic mass is 32.2. The number of rotatable bonds is 10. The van der Waals surface area contributed by atoms with E-state index in [1.54, 1.807) is 20.1 Å². The molecule has 1 aromatic carbocycles. The molecule has 1 atom stereocenters. The van der Waals surface area contributed by atoms with Gasteiger partial charge in [-0.3, -0.25) is 9.59 Å². The van der Waals surface area contributed by atoms with Crippen LogP contribution in [0.3, 0.4) is 0 Å². The molecule has 3 rings (SSSR count). The third kappa shape index (κ3) is 4.12. The average Bonchev–Trinajstić information content (AvgIpc) is 3.33. The minimum atomic E-state index is -3.86. The van der Waals surface area contributed by atoms with E-state index in [2.05, 4.69) is 10.6 Å². The zero-order valence-electron chi connectivity index (χ0n) is 17.7. The Bertz CT molecular complexity index is 1250. The molecule has 0 bridgehead atoms. The fraction of sp³-hybridized carbons (Fsp3) is 0.400. The molecule has 0 amide bonds. The van der Waals surface area contributed by atoms with Gasteiger partial charge in [0.2, 0.25) is 0 Å². The van der Waals surface area contributed by atoms with Crippen LogP contribution in [0.25, 0.3) is 0 Å². The van der Waals surface area contributed by atoms with Crippen LogP contribution in [0.15, 0.2) is 35.9 Å². The molecule has 9 nitrogen and oxygen atoms in total. The van der Waals surface area contributed by atoms with Crippen molar-refractivity contribution in [1.29, 1.82) is 0 Å². The van der Waals surface area contributed by atoms with Gasteiger partial charge in [0.15, 0.2) is 9.96 Å². The number of anilines is 3. The first-order valence-corrected chi connectivity index (χ1v) is 12.2. The maximum absolute atomic E-state index is 12.7. The lowest BCUT2D eigenvalue weighted by atomic mass is 10.1. The zero-order valence-corrected chi connectivity index (χ0v) is 19.3. The summed E-state index contributed by atoms with van der Waals surface area (Å²) in [5.41, 5.74) is -0.394. The Morgan fingerprint density at radius 1 is 1.16 bits per heavy atom. The third-order valence-electron chi connectivity index (χ3n) is 5.00. The number of aromatic hydroxyl groups is 1. The number of sulfonamides is 1. The number of furan rings is 1. The van der Waals surface area contributed by atoms with Crippen LogP contribution in [0.5, 0.6) is 5.75 Å². The summed E-state index contributed by atoms with van der Waals surface area (Å²) in [6.45, 7) is 7.72. The largest absolute Gasteiger partial charge is 0.504 e. The SMILES string of the molecule is CC[C@@H](Nc1c(Nc2csc(S(=O)(=O)N(CC)CC)c2O)c(=O)c1=O)c1cc(C)co1. The van der Waals surface area contributed by atoms with Crippen LogP contribution in [-0.4, -0.2) is 30.9 Å². The molecular formula is C20H25N3O6S2. The Balaban J connectivity index is 1.89. The Kier molecular flexibility index (Phi) is 6.58. The van der Waals surface area contributed by atoms with E-state index in [-0.39, 0.29) is 40.4 Å². The molecule has 0 saturated heterocycles. The minimum Gasteiger partial charge on any atom is -0.504 e. The lowest BCUT2D eigenvalue weighted by molar-refractivity contribution is 0.434. The van der Waals surface area contributed by atoms with E-state index in [0.29, 0.717) is 12.2 Å². The first-order chi connectivity index (χ1) is 14.6. The van der Waals surface area contributed by atoms with Crippen molar-refractivity contribution >= 4 is 38.4 Å². The van der Waals surface area contributed by atoms with E-state index in [1.807, 2.05) is 19.9 Å². The lowest BCUT2D eigenvalue weighted by Crippen LogP contribution is -2.37. The van der Waals surface area contributed by atoms with E-state index < -0.39 is 26.6 Å². The van der Waals surface area contributed by atoms with E-state index in [4.69, 9.17) is 4.42 Å². The van der Waals surface area contributed by atoms with E-state index in [0.717, 1.165) is 16.9 Å². The van der Waals surface area contributed by atoms with Crippen molar-refractivity contribution in [1.82, 2.24) is 4.31 Å². The van der Waals surface area contributed by atoms with Gasteiger partial charge in [0.25, 0.3) is 20.9 Å². The molecule has 3 aromatic rings.